The lowest BCUT2D eigenvalue weighted by molar-refractivity contribution is 0.0612. The number of amides is 1. The van der Waals surface area contributed by atoms with E-state index < -0.39 is 0 Å². The zero-order valence-corrected chi connectivity index (χ0v) is 16.7. The van der Waals surface area contributed by atoms with E-state index in [0.717, 1.165) is 46.9 Å². The second kappa shape index (κ2) is 8.08. The van der Waals surface area contributed by atoms with Crippen molar-refractivity contribution in [3.63, 3.8) is 0 Å². The lowest BCUT2D eigenvalue weighted by Crippen LogP contribution is -2.43. The predicted octanol–water partition coefficient (Wildman–Crippen LogP) is 4.54. The van der Waals surface area contributed by atoms with E-state index in [0.29, 0.717) is 17.5 Å². The molecule has 1 atom stereocenters. The van der Waals surface area contributed by atoms with Gasteiger partial charge in [0.1, 0.15) is 9.88 Å². The van der Waals surface area contributed by atoms with Crippen molar-refractivity contribution in [3.05, 3.63) is 28.8 Å². The first-order chi connectivity index (χ1) is 12.6. The highest BCUT2D eigenvalue weighted by molar-refractivity contribution is 7.17. The van der Waals surface area contributed by atoms with E-state index >= 15 is 0 Å². The fourth-order valence-electron chi connectivity index (χ4n) is 3.51. The summed E-state index contributed by atoms with van der Waals surface area (Å²) in [6, 6.07) is 6.07. The van der Waals surface area contributed by atoms with Crippen LogP contribution >= 0.6 is 11.3 Å². The van der Waals surface area contributed by atoms with Crippen molar-refractivity contribution in [2.45, 2.75) is 45.6 Å². The topological polar surface area (TPSA) is 51.7 Å². The molecule has 1 saturated heterocycles. The van der Waals surface area contributed by atoms with Gasteiger partial charge in [0, 0.05) is 18.2 Å². The van der Waals surface area contributed by atoms with E-state index in [1.807, 2.05) is 30.0 Å². The minimum absolute atomic E-state index is 0.123. The molecule has 1 aliphatic rings. The molecule has 1 unspecified atom stereocenters. The van der Waals surface area contributed by atoms with Crippen molar-refractivity contribution >= 4 is 17.2 Å². The fourth-order valence-corrected chi connectivity index (χ4v) is 4.53. The van der Waals surface area contributed by atoms with Gasteiger partial charge in [-0.2, -0.15) is 0 Å². The maximum Gasteiger partial charge on any atom is 0.266 e. The van der Waals surface area contributed by atoms with Crippen LogP contribution in [0.15, 0.2) is 18.2 Å². The third-order valence-electron chi connectivity index (χ3n) is 4.98. The number of nitrogens with zero attached hydrogens (tertiary/aromatic N) is 2. The van der Waals surface area contributed by atoms with Gasteiger partial charge in [-0.15, -0.1) is 11.3 Å². The van der Waals surface area contributed by atoms with Crippen molar-refractivity contribution in [3.8, 4) is 22.1 Å². The van der Waals surface area contributed by atoms with Gasteiger partial charge in [0.2, 0.25) is 0 Å². The highest BCUT2D eigenvalue weighted by Crippen LogP contribution is 2.36. The molecule has 0 spiro atoms. The number of rotatable bonds is 5. The van der Waals surface area contributed by atoms with Crippen molar-refractivity contribution in [2.24, 2.45) is 0 Å². The van der Waals surface area contributed by atoms with Gasteiger partial charge in [-0.25, -0.2) is 4.98 Å². The average molecular weight is 375 g/mol. The van der Waals surface area contributed by atoms with Crippen LogP contribution in [0.2, 0.25) is 0 Å². The fraction of sp³-hybridized carbons (Fsp3) is 0.500. The monoisotopic (exact) mass is 374 g/mol. The number of likely N-dealkylation sites (tertiary alicyclic amines) is 1. The van der Waals surface area contributed by atoms with Gasteiger partial charge in [-0.05, 0) is 50.8 Å². The van der Waals surface area contributed by atoms with Crippen LogP contribution in [0, 0.1) is 6.92 Å². The van der Waals surface area contributed by atoms with Crippen LogP contribution in [0.25, 0.3) is 10.6 Å². The molecule has 2 aromatic rings. The number of carbonyl (C=O) groups is 1. The third-order valence-corrected chi connectivity index (χ3v) is 6.18. The Hall–Kier alpha value is -2.08. The highest BCUT2D eigenvalue weighted by Gasteiger charge is 2.29. The van der Waals surface area contributed by atoms with Crippen molar-refractivity contribution in [1.29, 1.82) is 0 Å². The standard InChI is InChI=1S/C20H26N2O3S/c1-5-15-8-6-7-11-22(15)20(23)18-13(2)21-19(26-18)14-9-10-16(24-3)17(12-14)25-4/h9-10,12,15H,5-8,11H2,1-4H3. The molecular weight excluding hydrogens is 348 g/mol. The molecule has 1 fully saturated rings. The van der Waals surface area contributed by atoms with Crippen LogP contribution in [0.5, 0.6) is 11.5 Å². The minimum atomic E-state index is 0.123. The van der Waals surface area contributed by atoms with Crippen LogP contribution in [0.4, 0.5) is 0 Å². The van der Waals surface area contributed by atoms with Crippen LogP contribution in [-0.2, 0) is 0 Å². The molecule has 1 aromatic heterocycles. The quantitative estimate of drug-likeness (QED) is 0.771. The zero-order chi connectivity index (χ0) is 18.7. The first-order valence-corrected chi connectivity index (χ1v) is 9.91. The first-order valence-electron chi connectivity index (χ1n) is 9.09. The molecule has 26 heavy (non-hydrogen) atoms. The Balaban J connectivity index is 1.90. The summed E-state index contributed by atoms with van der Waals surface area (Å²) in [4.78, 5) is 20.6. The highest BCUT2D eigenvalue weighted by atomic mass is 32.1. The van der Waals surface area contributed by atoms with Crippen molar-refractivity contribution in [2.75, 3.05) is 20.8 Å². The molecule has 1 amide bonds. The molecule has 2 heterocycles. The number of hydrogen-bond donors (Lipinski definition) is 0. The van der Waals surface area contributed by atoms with Crippen molar-refractivity contribution in [1.82, 2.24) is 9.88 Å². The van der Waals surface area contributed by atoms with Gasteiger partial charge < -0.3 is 14.4 Å². The predicted molar refractivity (Wildman–Crippen MR) is 104 cm³/mol. The lowest BCUT2D eigenvalue weighted by atomic mass is 10.00. The summed E-state index contributed by atoms with van der Waals surface area (Å²) in [7, 11) is 3.23. The van der Waals surface area contributed by atoms with E-state index in [-0.39, 0.29) is 5.91 Å². The van der Waals surface area contributed by atoms with Crippen LogP contribution in [0.3, 0.4) is 0 Å². The van der Waals surface area contributed by atoms with E-state index in [4.69, 9.17) is 9.47 Å². The van der Waals surface area contributed by atoms with Gasteiger partial charge in [-0.1, -0.05) is 6.92 Å². The summed E-state index contributed by atoms with van der Waals surface area (Å²) < 4.78 is 10.7. The molecule has 5 nitrogen and oxygen atoms in total. The number of aryl methyl sites for hydroxylation is 1. The molecule has 0 bridgehead atoms. The van der Waals surface area contributed by atoms with Gasteiger partial charge in [-0.3, -0.25) is 4.79 Å². The lowest BCUT2D eigenvalue weighted by Gasteiger charge is -2.35. The number of thiazole rings is 1. The second-order valence-electron chi connectivity index (χ2n) is 6.56. The zero-order valence-electron chi connectivity index (χ0n) is 15.9. The Morgan fingerprint density at radius 2 is 2.04 bits per heavy atom. The summed E-state index contributed by atoms with van der Waals surface area (Å²) in [5.41, 5.74) is 1.73. The van der Waals surface area contributed by atoms with E-state index in [9.17, 15) is 4.79 Å². The summed E-state index contributed by atoms with van der Waals surface area (Å²) in [5.74, 6) is 1.46. The number of hydrogen-bond acceptors (Lipinski definition) is 5. The Labute approximate surface area is 159 Å². The SMILES string of the molecule is CCC1CCCCN1C(=O)c1sc(-c2ccc(OC)c(OC)c2)nc1C. The minimum Gasteiger partial charge on any atom is -0.493 e. The molecule has 0 radical (unpaired) electrons. The van der Waals surface area contributed by atoms with Crippen molar-refractivity contribution < 1.29 is 14.3 Å². The number of methoxy groups -OCH3 is 2. The van der Waals surface area contributed by atoms with Crippen LogP contribution in [-0.4, -0.2) is 42.6 Å². The normalized spacial score (nSPS) is 17.2. The number of benzene rings is 1. The smallest absolute Gasteiger partial charge is 0.266 e. The number of ether oxygens (including phenoxy) is 2. The maximum absolute atomic E-state index is 13.1. The Kier molecular flexibility index (Phi) is 5.81. The van der Waals surface area contributed by atoms with Crippen LogP contribution in [0.1, 0.15) is 48.0 Å². The molecule has 6 heteroatoms. The molecule has 140 valence electrons. The summed E-state index contributed by atoms with van der Waals surface area (Å²) in [6.45, 7) is 4.92. The Morgan fingerprint density at radius 3 is 2.73 bits per heavy atom. The Morgan fingerprint density at radius 1 is 1.27 bits per heavy atom. The van der Waals surface area contributed by atoms with Gasteiger partial charge in [0.15, 0.2) is 11.5 Å². The van der Waals surface area contributed by atoms with E-state index in [1.165, 1.54) is 17.8 Å². The van der Waals surface area contributed by atoms with E-state index in [1.54, 1.807) is 14.2 Å². The average Bonchev–Trinajstić information content (AvgIpc) is 3.08. The molecule has 1 aliphatic heterocycles. The molecule has 1 aromatic carbocycles. The summed E-state index contributed by atoms with van der Waals surface area (Å²) in [5, 5.41) is 0.830. The molecule has 0 N–H and O–H groups in total. The molecular formula is C20H26N2O3S. The van der Waals surface area contributed by atoms with Gasteiger partial charge in [0.25, 0.3) is 5.91 Å². The number of aromatic nitrogens is 1. The Bertz CT molecular complexity index is 787. The van der Waals surface area contributed by atoms with E-state index in [2.05, 4.69) is 11.9 Å². The maximum atomic E-state index is 13.1. The van der Waals surface area contributed by atoms with Crippen LogP contribution < -0.4 is 9.47 Å². The first kappa shape index (κ1) is 18.7. The second-order valence-corrected chi connectivity index (χ2v) is 7.56. The summed E-state index contributed by atoms with van der Waals surface area (Å²) in [6.07, 6.45) is 4.40. The van der Waals surface area contributed by atoms with Gasteiger partial charge in [0.05, 0.1) is 19.9 Å². The summed E-state index contributed by atoms with van der Waals surface area (Å²) >= 11 is 1.46. The number of piperidine rings is 1. The number of carbonyl (C=O) groups excluding carboxylic acids is 1. The molecule has 0 saturated carbocycles. The molecule has 0 aliphatic carbocycles. The largest absolute Gasteiger partial charge is 0.493 e. The third kappa shape index (κ3) is 3.56. The molecule has 3 rings (SSSR count). The van der Waals surface area contributed by atoms with Gasteiger partial charge >= 0.3 is 0 Å².